The number of rotatable bonds is 24. The van der Waals surface area contributed by atoms with Gasteiger partial charge >= 0.3 is 322 Å². The van der Waals surface area contributed by atoms with Crippen molar-refractivity contribution in [3.05, 3.63) is 46.2 Å². The molecule has 1 aromatic carbocycles. The van der Waals surface area contributed by atoms with Crippen LogP contribution in [-0.4, -0.2) is 36.8 Å². The molecule has 2 unspecified atom stereocenters. The number of thiophene rings is 6. The normalized spacial score (nSPS) is 13.9. The Labute approximate surface area is 396 Å². The third kappa shape index (κ3) is 11.2. The molecule has 0 aliphatic rings. The fourth-order valence-corrected chi connectivity index (χ4v) is 28.1. The van der Waals surface area contributed by atoms with Crippen molar-refractivity contribution in [1.29, 1.82) is 0 Å². The van der Waals surface area contributed by atoms with Gasteiger partial charge < -0.3 is 0 Å². The summed E-state index contributed by atoms with van der Waals surface area (Å²) in [6.45, 7) is 9.42. The number of hydrogen-bond acceptors (Lipinski definition) is 6. The van der Waals surface area contributed by atoms with Crippen LogP contribution < -0.4 is 5.79 Å². The molecule has 6 heterocycles. The Morgan fingerprint density at radius 3 is 1.17 bits per heavy atom. The molecule has 2 atom stereocenters. The Morgan fingerprint density at radius 2 is 0.800 bits per heavy atom. The van der Waals surface area contributed by atoms with Crippen molar-refractivity contribution in [2.75, 3.05) is 0 Å². The van der Waals surface area contributed by atoms with Gasteiger partial charge in [-0.05, 0) is 0 Å². The minimum atomic E-state index is -2.30. The zero-order valence-corrected chi connectivity index (χ0v) is 49.4. The van der Waals surface area contributed by atoms with Crippen molar-refractivity contribution >= 4 is 150 Å². The molecule has 0 saturated carbocycles. The zero-order valence-electron chi connectivity index (χ0n) is 38.8. The van der Waals surface area contributed by atoms with Crippen LogP contribution in [0.4, 0.5) is 0 Å². The monoisotopic (exact) mass is 1130 g/mol. The molecule has 7 rings (SSSR count). The SMILES string of the molecule is CCCCCCC(CCCC)Cc1ccc(-c2c3sc4c[c]([Sn]([CH3])([CH3])[CH3])sc4c3c(-c3ccc(CC(CCCC)CCCCCC)s3)c3sc4c[c]([Sn]([CH3])([CH3])[CH3])sc4c23)s1. The van der Waals surface area contributed by atoms with E-state index in [9.17, 15) is 0 Å². The van der Waals surface area contributed by atoms with E-state index in [1.165, 1.54) is 135 Å². The molecular formula is C52H74S6Sn2. The number of unbranched alkanes of at least 4 members (excludes halogenated alkanes) is 8. The first-order chi connectivity index (χ1) is 28.8. The first kappa shape index (κ1) is 48.0. The van der Waals surface area contributed by atoms with Crippen molar-refractivity contribution in [3.8, 4) is 20.9 Å². The molecule has 60 heavy (non-hydrogen) atoms. The summed E-state index contributed by atoms with van der Waals surface area (Å²) in [5, 5.41) is 3.16. The molecular weight excluding hydrogens is 1050 g/mol. The van der Waals surface area contributed by atoms with Gasteiger partial charge in [0.2, 0.25) is 0 Å². The second kappa shape index (κ2) is 21.6. The van der Waals surface area contributed by atoms with Crippen LogP contribution in [0.25, 0.3) is 59.9 Å². The first-order valence-electron chi connectivity index (χ1n) is 23.9. The Hall–Kier alpha value is 0.0574. The molecule has 326 valence electrons. The van der Waals surface area contributed by atoms with Gasteiger partial charge in [0, 0.05) is 0 Å². The van der Waals surface area contributed by atoms with E-state index in [0.717, 1.165) is 11.8 Å². The zero-order chi connectivity index (χ0) is 42.6. The fourth-order valence-electron chi connectivity index (χ4n) is 9.23. The summed E-state index contributed by atoms with van der Waals surface area (Å²) in [6, 6.07) is 15.5. The fraction of sp³-hybridized carbons (Fsp3) is 0.577. The second-order valence-electron chi connectivity index (χ2n) is 20.1. The predicted molar refractivity (Wildman–Crippen MR) is 292 cm³/mol. The molecule has 0 spiro atoms. The number of fused-ring (bicyclic) bond motifs is 6. The van der Waals surface area contributed by atoms with E-state index in [-0.39, 0.29) is 0 Å². The summed E-state index contributed by atoms with van der Waals surface area (Å²) in [5.74, 6) is 1.62. The summed E-state index contributed by atoms with van der Waals surface area (Å²) in [5.41, 5.74) is 3.13. The predicted octanol–water partition coefficient (Wildman–Crippen LogP) is 19.7. The van der Waals surface area contributed by atoms with Gasteiger partial charge in [-0.15, -0.1) is 0 Å². The molecule has 0 saturated heterocycles. The van der Waals surface area contributed by atoms with Crippen LogP contribution in [0.3, 0.4) is 0 Å². The Kier molecular flexibility index (Phi) is 17.3. The molecule has 7 aromatic rings. The van der Waals surface area contributed by atoms with Crippen LogP contribution in [0.15, 0.2) is 36.4 Å². The number of benzene rings is 1. The van der Waals surface area contributed by atoms with E-state index in [4.69, 9.17) is 0 Å². The van der Waals surface area contributed by atoms with E-state index >= 15 is 0 Å². The molecule has 0 bridgehead atoms. The van der Waals surface area contributed by atoms with Crippen molar-refractivity contribution in [2.45, 2.75) is 173 Å². The molecule has 0 N–H and O–H groups in total. The third-order valence-electron chi connectivity index (χ3n) is 12.8. The Balaban J connectivity index is 1.41. The molecule has 0 radical (unpaired) electrons. The Morgan fingerprint density at radius 1 is 0.417 bits per heavy atom. The van der Waals surface area contributed by atoms with Gasteiger partial charge in [-0.25, -0.2) is 0 Å². The van der Waals surface area contributed by atoms with Crippen LogP contribution in [0.2, 0.25) is 29.6 Å². The molecule has 0 amide bonds. The second-order valence-corrected chi connectivity index (χ2v) is 57.5. The standard InChI is InChI=1S/C46H56S6.6CH3.2Sn/c1-5-9-13-15-19-31(17-11-7-3)29-33-21-23-35(49-33)39-41-43-37(25-27-47-43)52-46(41)40(42-44-38(26-28-48-44)51-45(39)42)36-24-22-34(50-36)30-32(18-12-8-4)20-16-14-10-6-2;;;;;;;;/h21-26,31-32H,5-20,29-30H2,1-4H3;6*1H3;;. The van der Waals surface area contributed by atoms with E-state index in [2.05, 4.69) is 162 Å². The minimum absolute atomic E-state index is 0.808. The molecule has 6 aromatic heterocycles. The van der Waals surface area contributed by atoms with Crippen molar-refractivity contribution < 1.29 is 0 Å². The van der Waals surface area contributed by atoms with E-state index in [0.29, 0.717) is 0 Å². The average Bonchev–Trinajstić information content (AvgIpc) is 4.05. The van der Waals surface area contributed by atoms with Gasteiger partial charge in [-0.3, -0.25) is 0 Å². The first-order valence-corrected chi connectivity index (χ1v) is 48.8. The third-order valence-corrected chi connectivity index (χ3v) is 38.8. The maximum absolute atomic E-state index is 2.66. The van der Waals surface area contributed by atoms with Gasteiger partial charge in [0.15, 0.2) is 0 Å². The Bertz CT molecular complexity index is 2270. The van der Waals surface area contributed by atoms with Crippen molar-refractivity contribution in [2.24, 2.45) is 11.8 Å². The van der Waals surface area contributed by atoms with E-state index in [1.54, 1.807) is 56.2 Å². The summed E-state index contributed by atoms with van der Waals surface area (Å²) in [7, 11) is 0. The summed E-state index contributed by atoms with van der Waals surface area (Å²) < 4.78 is 12.8. The molecule has 0 fully saturated rings. The van der Waals surface area contributed by atoms with Crippen LogP contribution >= 0.6 is 68.0 Å². The van der Waals surface area contributed by atoms with E-state index < -0.39 is 36.8 Å². The molecule has 0 aliphatic carbocycles. The van der Waals surface area contributed by atoms with Crippen LogP contribution in [0.5, 0.6) is 0 Å². The van der Waals surface area contributed by atoms with E-state index in [1.807, 2.05) is 0 Å². The molecule has 0 nitrogen and oxygen atoms in total. The summed E-state index contributed by atoms with van der Waals surface area (Å²) in [6.07, 6.45) is 24.4. The maximum atomic E-state index is 2.66. The number of hydrogen-bond donors (Lipinski definition) is 0. The summed E-state index contributed by atoms with van der Waals surface area (Å²) in [4.78, 5) is 21.9. The van der Waals surface area contributed by atoms with Gasteiger partial charge in [0.05, 0.1) is 0 Å². The van der Waals surface area contributed by atoms with Gasteiger partial charge in [-0.1, -0.05) is 79.1 Å². The van der Waals surface area contributed by atoms with Crippen LogP contribution in [-0.2, 0) is 12.8 Å². The van der Waals surface area contributed by atoms with Gasteiger partial charge in [0.25, 0.3) is 0 Å². The van der Waals surface area contributed by atoms with Crippen LogP contribution in [0, 0.1) is 11.8 Å². The topological polar surface area (TPSA) is 0 Å². The van der Waals surface area contributed by atoms with Crippen LogP contribution in [0.1, 0.15) is 140 Å². The van der Waals surface area contributed by atoms with Gasteiger partial charge in [-0.2, -0.15) is 0 Å². The molecule has 0 aliphatic heterocycles. The molecule has 8 heteroatoms. The quantitative estimate of drug-likeness (QED) is 0.0418. The van der Waals surface area contributed by atoms with Crippen molar-refractivity contribution in [3.63, 3.8) is 0 Å². The average molecular weight is 1130 g/mol. The van der Waals surface area contributed by atoms with Gasteiger partial charge in [0.1, 0.15) is 0 Å². The van der Waals surface area contributed by atoms with Crippen molar-refractivity contribution in [1.82, 2.24) is 0 Å². The summed E-state index contributed by atoms with van der Waals surface area (Å²) >= 11 is 8.30.